The molecule has 1 unspecified atom stereocenters. The number of hydrogen-bond acceptors (Lipinski definition) is 5. The fourth-order valence-electron chi connectivity index (χ4n) is 4.32. The predicted octanol–water partition coefficient (Wildman–Crippen LogP) is 6.92. The van der Waals surface area contributed by atoms with Gasteiger partial charge in [0.2, 0.25) is 0 Å². The molecule has 0 saturated heterocycles. The Morgan fingerprint density at radius 2 is 1.88 bits per heavy atom. The van der Waals surface area contributed by atoms with Gasteiger partial charge in [-0.25, -0.2) is 4.79 Å². The van der Waals surface area contributed by atoms with Crippen LogP contribution in [0, 0.1) is 5.92 Å². The molecule has 0 amide bonds. The molecular weight excluding hydrogens is 428 g/mol. The molecule has 5 nitrogen and oxygen atoms in total. The Morgan fingerprint density at radius 3 is 2.53 bits per heavy atom. The van der Waals surface area contributed by atoms with Crippen molar-refractivity contribution in [1.82, 2.24) is 0 Å². The number of benzene rings is 2. The lowest BCUT2D eigenvalue weighted by atomic mass is 9.88. The second kappa shape index (κ2) is 8.98. The van der Waals surface area contributed by atoms with Gasteiger partial charge in [-0.3, -0.25) is 4.79 Å². The number of carbonyl (C=O) groups is 1. The summed E-state index contributed by atoms with van der Waals surface area (Å²) < 4.78 is 12.0. The molecular formula is C29H30O5. The molecule has 1 aromatic heterocycles. The van der Waals surface area contributed by atoms with Gasteiger partial charge in [0.1, 0.15) is 22.7 Å². The Kier molecular flexibility index (Phi) is 6.22. The second-order valence-electron chi connectivity index (χ2n) is 9.60. The molecule has 0 fully saturated rings. The monoisotopic (exact) mass is 458 g/mol. The Labute approximate surface area is 199 Å². The summed E-state index contributed by atoms with van der Waals surface area (Å²) in [6.45, 7) is 9.62. The molecule has 5 heteroatoms. The molecule has 0 bridgehead atoms. The van der Waals surface area contributed by atoms with Crippen LogP contribution in [0.5, 0.6) is 11.5 Å². The average molecular weight is 459 g/mol. The third-order valence-corrected chi connectivity index (χ3v) is 6.14. The fourth-order valence-corrected chi connectivity index (χ4v) is 4.32. The van der Waals surface area contributed by atoms with Gasteiger partial charge >= 0.3 is 5.63 Å². The van der Waals surface area contributed by atoms with Gasteiger partial charge in [-0.2, -0.15) is 0 Å². The molecule has 2 aromatic carbocycles. The van der Waals surface area contributed by atoms with Gasteiger partial charge in [-0.05, 0) is 51.3 Å². The van der Waals surface area contributed by atoms with Gasteiger partial charge < -0.3 is 14.3 Å². The highest BCUT2D eigenvalue weighted by molar-refractivity contribution is 6.13. The van der Waals surface area contributed by atoms with Crippen molar-refractivity contribution >= 4 is 22.8 Å². The van der Waals surface area contributed by atoms with Crippen LogP contribution in [-0.4, -0.2) is 16.5 Å². The molecule has 2 heterocycles. The summed E-state index contributed by atoms with van der Waals surface area (Å²) in [6.07, 6.45) is 7.41. The lowest BCUT2D eigenvalue weighted by Crippen LogP contribution is -2.33. The van der Waals surface area contributed by atoms with E-state index in [4.69, 9.17) is 9.15 Å². The number of rotatable bonds is 6. The third-order valence-electron chi connectivity index (χ3n) is 6.14. The number of phenols is 1. The van der Waals surface area contributed by atoms with Crippen molar-refractivity contribution in [3.63, 3.8) is 0 Å². The normalized spacial score (nSPS) is 16.9. The van der Waals surface area contributed by atoms with Crippen LogP contribution < -0.4 is 10.4 Å². The molecule has 34 heavy (non-hydrogen) atoms. The highest BCUT2D eigenvalue weighted by Crippen LogP contribution is 2.48. The smallest absolute Gasteiger partial charge is 0.336 e. The molecule has 176 valence electrons. The van der Waals surface area contributed by atoms with E-state index in [2.05, 4.69) is 6.08 Å². The molecule has 1 aliphatic rings. The third kappa shape index (κ3) is 4.30. The zero-order valence-corrected chi connectivity index (χ0v) is 20.3. The zero-order chi connectivity index (χ0) is 24.6. The van der Waals surface area contributed by atoms with Gasteiger partial charge in [0.05, 0.1) is 10.9 Å². The predicted molar refractivity (Wildman–Crippen MR) is 135 cm³/mol. The van der Waals surface area contributed by atoms with E-state index in [1.54, 1.807) is 13.8 Å². The van der Waals surface area contributed by atoms with E-state index in [0.717, 1.165) is 12.0 Å². The first-order chi connectivity index (χ1) is 16.1. The van der Waals surface area contributed by atoms with Gasteiger partial charge in [0.25, 0.3) is 0 Å². The maximum absolute atomic E-state index is 13.3. The first-order valence-electron chi connectivity index (χ1n) is 11.6. The van der Waals surface area contributed by atoms with E-state index < -0.39 is 11.2 Å². The van der Waals surface area contributed by atoms with Crippen molar-refractivity contribution in [3.05, 3.63) is 75.7 Å². The molecule has 1 N–H and O–H groups in total. The number of fused-ring (bicyclic) bond motifs is 3. The van der Waals surface area contributed by atoms with Crippen molar-refractivity contribution in [2.24, 2.45) is 5.92 Å². The Balaban J connectivity index is 2.02. The number of ether oxygens (including phenoxy) is 1. The number of carbonyl (C=O) groups excluding carboxylic acids is 1. The molecule has 4 rings (SSSR count). The van der Waals surface area contributed by atoms with Crippen LogP contribution in [0.15, 0.2) is 63.3 Å². The maximum atomic E-state index is 13.3. The largest absolute Gasteiger partial charge is 0.506 e. The number of allylic oxidation sites excluding steroid dienone is 2. The van der Waals surface area contributed by atoms with E-state index in [0.29, 0.717) is 22.9 Å². The van der Waals surface area contributed by atoms with Crippen molar-refractivity contribution in [2.75, 3.05) is 0 Å². The van der Waals surface area contributed by atoms with Crippen LogP contribution >= 0.6 is 0 Å². The van der Waals surface area contributed by atoms with Crippen LogP contribution in [-0.2, 0) is 0 Å². The van der Waals surface area contributed by atoms with Crippen molar-refractivity contribution in [3.8, 4) is 22.6 Å². The summed E-state index contributed by atoms with van der Waals surface area (Å²) in [5.74, 6) is -0.561. The summed E-state index contributed by atoms with van der Waals surface area (Å²) in [7, 11) is 0. The summed E-state index contributed by atoms with van der Waals surface area (Å²) in [5, 5.41) is 11.8. The quantitative estimate of drug-likeness (QED) is 0.247. The first kappa shape index (κ1) is 23.6. The number of hydrogen-bond donors (Lipinski definition) is 1. The van der Waals surface area contributed by atoms with E-state index in [1.807, 2.05) is 63.3 Å². The van der Waals surface area contributed by atoms with Gasteiger partial charge in [-0.1, -0.05) is 55.8 Å². The first-order valence-corrected chi connectivity index (χ1v) is 11.6. The maximum Gasteiger partial charge on any atom is 0.336 e. The highest BCUT2D eigenvalue weighted by Gasteiger charge is 2.35. The van der Waals surface area contributed by atoms with Gasteiger partial charge in [0, 0.05) is 17.5 Å². The van der Waals surface area contributed by atoms with E-state index in [-0.39, 0.29) is 34.3 Å². The Morgan fingerprint density at radius 1 is 1.18 bits per heavy atom. The molecule has 1 atom stereocenters. The van der Waals surface area contributed by atoms with Crippen LogP contribution in [0.25, 0.3) is 28.2 Å². The van der Waals surface area contributed by atoms with E-state index in [1.165, 1.54) is 11.6 Å². The standard InChI is InChI=1S/C29H30O5/c1-17(2)10-9-14-29(5)15-13-20-27-23(26(32)24(28(20)34-29)25(31)18(3)4)21(16-22(30)33-27)19-11-7-6-8-12-19/h6-8,10-13,15-16,18,32H,9,14H2,1-5H3. The Hall–Kier alpha value is -3.60. The minimum absolute atomic E-state index is 0.126. The summed E-state index contributed by atoms with van der Waals surface area (Å²) in [5.41, 5.74) is 2.08. The van der Waals surface area contributed by atoms with Crippen LogP contribution in [0.3, 0.4) is 0 Å². The van der Waals surface area contributed by atoms with Gasteiger partial charge in [-0.15, -0.1) is 0 Å². The lowest BCUT2D eigenvalue weighted by molar-refractivity contribution is 0.0914. The fraction of sp³-hybridized carbons (Fsp3) is 0.310. The minimum Gasteiger partial charge on any atom is -0.506 e. The SMILES string of the molecule is CC(C)=CCCC1(C)C=Cc2c(c(C(=O)C(C)C)c(O)c3c(-c4ccccc4)cc(=O)oc23)O1. The van der Waals surface area contributed by atoms with Crippen LogP contribution in [0.2, 0.25) is 0 Å². The Bertz CT molecular complexity index is 1370. The summed E-state index contributed by atoms with van der Waals surface area (Å²) in [4.78, 5) is 25.9. The van der Waals surface area contributed by atoms with E-state index in [9.17, 15) is 14.7 Å². The summed E-state index contributed by atoms with van der Waals surface area (Å²) >= 11 is 0. The van der Waals surface area contributed by atoms with Crippen molar-refractivity contribution in [2.45, 2.75) is 53.1 Å². The van der Waals surface area contributed by atoms with Crippen molar-refractivity contribution in [1.29, 1.82) is 0 Å². The highest BCUT2D eigenvalue weighted by atomic mass is 16.5. The summed E-state index contributed by atoms with van der Waals surface area (Å²) in [6, 6.07) is 10.6. The lowest BCUT2D eigenvalue weighted by Gasteiger charge is -2.33. The van der Waals surface area contributed by atoms with Crippen LogP contribution in [0.4, 0.5) is 0 Å². The molecule has 3 aromatic rings. The molecule has 0 aliphatic carbocycles. The number of ketones is 1. The average Bonchev–Trinajstić information content (AvgIpc) is 2.78. The molecule has 0 spiro atoms. The molecule has 0 saturated carbocycles. The zero-order valence-electron chi connectivity index (χ0n) is 20.3. The topological polar surface area (TPSA) is 76.7 Å². The number of Topliss-reactive ketones (excluding diaryl/α,β-unsaturated/α-hetero) is 1. The van der Waals surface area contributed by atoms with Crippen molar-refractivity contribution < 1.29 is 19.1 Å². The van der Waals surface area contributed by atoms with E-state index >= 15 is 0 Å². The second-order valence-corrected chi connectivity index (χ2v) is 9.60. The number of aromatic hydroxyl groups is 1. The van der Waals surface area contributed by atoms with Crippen LogP contribution in [0.1, 0.15) is 63.4 Å². The molecule has 1 aliphatic heterocycles. The number of phenolic OH excluding ortho intramolecular Hbond substituents is 1. The minimum atomic E-state index is -0.678. The molecule has 0 radical (unpaired) electrons. The van der Waals surface area contributed by atoms with Gasteiger partial charge in [0.15, 0.2) is 11.4 Å².